The molecule has 0 heterocycles. The Balaban J connectivity index is 3.08. The van der Waals surface area contributed by atoms with E-state index in [-0.39, 0.29) is 0 Å². The van der Waals surface area contributed by atoms with Crippen LogP contribution in [0.2, 0.25) is 0 Å². The van der Waals surface area contributed by atoms with E-state index < -0.39 is 14.2 Å². The first-order chi connectivity index (χ1) is 5.68. The van der Waals surface area contributed by atoms with E-state index in [1.807, 2.05) is 0 Å². The zero-order valence-corrected chi connectivity index (χ0v) is 8.43. The standard InChI is InChI=1S/C8H17O3P/c1-2-3-4-5-6-7-8(9)12(10)11/h8-9H,2-7H2,1H3/q-2. The minimum Gasteiger partial charge on any atom is -0.840 e. The van der Waals surface area contributed by atoms with Gasteiger partial charge in [0.2, 0.25) is 0 Å². The normalized spacial score (nSPS) is 13.8. The van der Waals surface area contributed by atoms with E-state index in [9.17, 15) is 9.79 Å². The Hall–Kier alpha value is 0.310. The smallest absolute Gasteiger partial charge is 0.0434 e. The first kappa shape index (κ1) is 12.3. The predicted octanol–water partition coefficient (Wildman–Crippen LogP) is 0.698. The van der Waals surface area contributed by atoms with Gasteiger partial charge in [-0.3, -0.25) is 8.38 Å². The zero-order chi connectivity index (χ0) is 9.40. The van der Waals surface area contributed by atoms with Crippen LogP contribution in [0.25, 0.3) is 0 Å². The van der Waals surface area contributed by atoms with Crippen molar-refractivity contribution in [1.82, 2.24) is 0 Å². The van der Waals surface area contributed by atoms with Crippen molar-refractivity contribution in [3.05, 3.63) is 0 Å². The lowest BCUT2D eigenvalue weighted by atomic mass is 10.1. The Bertz CT molecular complexity index is 98.3. The molecule has 0 fully saturated rings. The van der Waals surface area contributed by atoms with Crippen molar-refractivity contribution in [2.75, 3.05) is 0 Å². The second-order valence-corrected chi connectivity index (χ2v) is 4.14. The van der Waals surface area contributed by atoms with Crippen molar-refractivity contribution >= 4 is 8.38 Å². The summed E-state index contributed by atoms with van der Waals surface area (Å²) in [5.74, 6) is -1.12. The lowest BCUT2D eigenvalue weighted by Crippen LogP contribution is -2.20. The zero-order valence-electron chi connectivity index (χ0n) is 7.53. The Kier molecular flexibility index (Phi) is 8.14. The molecular formula is C8H17O3P-2. The largest absolute Gasteiger partial charge is 0.840 e. The second-order valence-electron chi connectivity index (χ2n) is 2.97. The molecule has 0 saturated heterocycles. The van der Waals surface area contributed by atoms with Crippen LogP contribution in [0.15, 0.2) is 0 Å². The molecular weight excluding hydrogens is 175 g/mol. The Morgan fingerprint density at radius 2 is 1.75 bits per heavy atom. The van der Waals surface area contributed by atoms with Gasteiger partial charge in [-0.25, -0.2) is 0 Å². The van der Waals surface area contributed by atoms with Crippen molar-refractivity contribution in [2.45, 2.75) is 51.3 Å². The van der Waals surface area contributed by atoms with Gasteiger partial charge in [0.05, 0.1) is 0 Å². The summed E-state index contributed by atoms with van der Waals surface area (Å²) in [6, 6.07) is 0. The lowest BCUT2D eigenvalue weighted by Gasteiger charge is -2.36. The van der Waals surface area contributed by atoms with Gasteiger partial charge >= 0.3 is 0 Å². The first-order valence-electron chi connectivity index (χ1n) is 4.50. The van der Waals surface area contributed by atoms with Crippen molar-refractivity contribution in [3.8, 4) is 0 Å². The highest BCUT2D eigenvalue weighted by atomic mass is 31.2. The quantitative estimate of drug-likeness (QED) is 0.477. The fourth-order valence-electron chi connectivity index (χ4n) is 1.04. The molecule has 1 N–H and O–H groups in total. The van der Waals surface area contributed by atoms with Gasteiger partial charge in [0.15, 0.2) is 0 Å². The van der Waals surface area contributed by atoms with E-state index in [1.54, 1.807) is 0 Å². The van der Waals surface area contributed by atoms with Crippen LogP contribution in [0.4, 0.5) is 0 Å². The molecule has 1 unspecified atom stereocenters. The maximum Gasteiger partial charge on any atom is 0.0434 e. The Labute approximate surface area is 75.3 Å². The third kappa shape index (κ3) is 6.99. The molecule has 0 rings (SSSR count). The van der Waals surface area contributed by atoms with E-state index in [1.165, 1.54) is 12.8 Å². The molecule has 0 aliphatic rings. The molecule has 1 atom stereocenters. The summed E-state index contributed by atoms with van der Waals surface area (Å²) in [5, 5.41) is 8.89. The van der Waals surface area contributed by atoms with Crippen LogP contribution in [-0.2, 0) is 0 Å². The number of unbranched alkanes of at least 4 members (excludes halogenated alkanes) is 4. The lowest BCUT2D eigenvalue weighted by molar-refractivity contribution is -0.300. The van der Waals surface area contributed by atoms with Crippen molar-refractivity contribution in [1.29, 1.82) is 0 Å². The molecule has 0 aromatic heterocycles. The van der Waals surface area contributed by atoms with E-state index in [4.69, 9.17) is 5.11 Å². The fourth-order valence-corrected chi connectivity index (χ4v) is 1.43. The SMILES string of the molecule is CCCCCCCC(O)P([O-])[O-]. The molecule has 3 nitrogen and oxygen atoms in total. The minimum absolute atomic E-state index is 0.391. The minimum atomic E-state index is -2.63. The maximum atomic E-state index is 10.2. The van der Waals surface area contributed by atoms with Gasteiger partial charge < -0.3 is 14.9 Å². The van der Waals surface area contributed by atoms with Gasteiger partial charge in [0.1, 0.15) is 0 Å². The molecule has 0 spiro atoms. The highest BCUT2D eigenvalue weighted by Crippen LogP contribution is 2.23. The second kappa shape index (κ2) is 7.93. The third-order valence-corrected chi connectivity index (χ3v) is 2.55. The summed E-state index contributed by atoms with van der Waals surface area (Å²) >= 11 is 0. The van der Waals surface area contributed by atoms with E-state index >= 15 is 0 Å². The molecule has 0 saturated carbocycles. The van der Waals surface area contributed by atoms with Crippen molar-refractivity contribution in [2.24, 2.45) is 0 Å². The van der Waals surface area contributed by atoms with Crippen LogP contribution in [-0.4, -0.2) is 11.0 Å². The van der Waals surface area contributed by atoms with Crippen LogP contribution >= 0.6 is 8.38 Å². The van der Waals surface area contributed by atoms with E-state index in [2.05, 4.69) is 6.92 Å². The molecule has 74 valence electrons. The van der Waals surface area contributed by atoms with Crippen LogP contribution in [0.5, 0.6) is 0 Å². The topological polar surface area (TPSA) is 66.3 Å². The number of aliphatic hydroxyl groups is 1. The Morgan fingerprint density at radius 1 is 1.17 bits per heavy atom. The summed E-state index contributed by atoms with van der Waals surface area (Å²) in [4.78, 5) is 20.4. The summed E-state index contributed by atoms with van der Waals surface area (Å²) in [7, 11) is -2.63. The van der Waals surface area contributed by atoms with Gasteiger partial charge in [0, 0.05) is 5.85 Å². The molecule has 4 heteroatoms. The number of hydrogen-bond acceptors (Lipinski definition) is 3. The van der Waals surface area contributed by atoms with E-state index in [0.717, 1.165) is 19.3 Å². The highest BCUT2D eigenvalue weighted by molar-refractivity contribution is 7.42. The average Bonchev–Trinajstić information content (AvgIpc) is 2.03. The molecule has 12 heavy (non-hydrogen) atoms. The van der Waals surface area contributed by atoms with Gasteiger partial charge in [-0.05, 0) is 6.42 Å². The monoisotopic (exact) mass is 192 g/mol. The molecule has 0 aliphatic heterocycles. The fraction of sp³-hybridized carbons (Fsp3) is 1.00. The van der Waals surface area contributed by atoms with Crippen LogP contribution in [0, 0.1) is 0 Å². The molecule has 0 bridgehead atoms. The van der Waals surface area contributed by atoms with Gasteiger partial charge in [0.25, 0.3) is 0 Å². The number of rotatable bonds is 7. The molecule has 0 aromatic rings. The first-order valence-corrected chi connectivity index (χ1v) is 5.74. The number of hydrogen-bond donors (Lipinski definition) is 1. The summed E-state index contributed by atoms with van der Waals surface area (Å²) in [6.07, 6.45) is 5.73. The average molecular weight is 192 g/mol. The molecule has 0 aromatic carbocycles. The maximum absolute atomic E-state index is 10.2. The Morgan fingerprint density at radius 3 is 2.25 bits per heavy atom. The third-order valence-electron chi connectivity index (χ3n) is 1.81. The van der Waals surface area contributed by atoms with Crippen LogP contribution < -0.4 is 9.79 Å². The molecule has 0 radical (unpaired) electrons. The molecule has 0 amide bonds. The molecule has 0 aliphatic carbocycles. The summed E-state index contributed by atoms with van der Waals surface area (Å²) in [6.45, 7) is 2.13. The summed E-state index contributed by atoms with van der Waals surface area (Å²) < 4.78 is 0. The predicted molar refractivity (Wildman–Crippen MR) is 46.3 cm³/mol. The highest BCUT2D eigenvalue weighted by Gasteiger charge is 1.97. The van der Waals surface area contributed by atoms with Crippen molar-refractivity contribution in [3.63, 3.8) is 0 Å². The van der Waals surface area contributed by atoms with Gasteiger partial charge in [-0.2, -0.15) is 0 Å². The van der Waals surface area contributed by atoms with Crippen LogP contribution in [0.1, 0.15) is 45.4 Å². The van der Waals surface area contributed by atoms with Crippen molar-refractivity contribution < 1.29 is 14.9 Å². The van der Waals surface area contributed by atoms with Gasteiger partial charge in [-0.1, -0.05) is 39.0 Å². The summed E-state index contributed by atoms with van der Waals surface area (Å²) in [5.41, 5.74) is 0. The van der Waals surface area contributed by atoms with Gasteiger partial charge in [-0.15, -0.1) is 0 Å². The van der Waals surface area contributed by atoms with Crippen LogP contribution in [0.3, 0.4) is 0 Å². The number of aliphatic hydroxyl groups excluding tert-OH is 1. The van der Waals surface area contributed by atoms with E-state index in [0.29, 0.717) is 6.42 Å².